The van der Waals surface area contributed by atoms with Gasteiger partial charge in [-0.15, -0.1) is 13.2 Å². The Morgan fingerprint density at radius 3 is 2.42 bits per heavy atom. The lowest BCUT2D eigenvalue weighted by molar-refractivity contribution is -0.274. The maximum Gasteiger partial charge on any atom is 0.573 e. The molecule has 1 fully saturated rings. The number of alkyl halides is 3. The fourth-order valence-electron chi connectivity index (χ4n) is 5.57. The Kier molecular flexibility index (Phi) is 11.1. The molecule has 2 aromatic carbocycles. The average Bonchev–Trinajstić information content (AvgIpc) is 2.95. The van der Waals surface area contributed by atoms with E-state index in [1.165, 1.54) is 11.0 Å². The zero-order valence-corrected chi connectivity index (χ0v) is 27.9. The molecule has 0 aliphatic carbocycles. The topological polar surface area (TPSA) is 112 Å². The van der Waals surface area contributed by atoms with Crippen LogP contribution in [0.1, 0.15) is 49.2 Å². The van der Waals surface area contributed by atoms with Gasteiger partial charge in [0.2, 0.25) is 10.0 Å². The summed E-state index contributed by atoms with van der Waals surface area (Å²) in [4.78, 5) is 32.4. The minimum atomic E-state index is -5.12. The Bertz CT molecular complexity index is 1740. The minimum absolute atomic E-state index is 0. The first-order valence-corrected chi connectivity index (χ1v) is 16.2. The molecule has 3 aromatic rings. The van der Waals surface area contributed by atoms with Gasteiger partial charge in [0.25, 0.3) is 5.91 Å². The molecule has 15 heteroatoms. The van der Waals surface area contributed by atoms with Crippen molar-refractivity contribution >= 4 is 51.8 Å². The summed E-state index contributed by atoms with van der Waals surface area (Å²) < 4.78 is 74.0. The van der Waals surface area contributed by atoms with Gasteiger partial charge < -0.3 is 23.9 Å². The number of carbonyl (C=O) groups excluding carboxylic acids is 1. The van der Waals surface area contributed by atoms with E-state index in [9.17, 15) is 31.2 Å². The first-order chi connectivity index (χ1) is 20.6. The lowest BCUT2D eigenvalue weighted by Gasteiger charge is -2.39. The number of aryl methyl sites for hydroxylation is 1. The molecule has 5 rings (SSSR count). The number of hydrogen-bond donors (Lipinski definition) is 1. The van der Waals surface area contributed by atoms with Crippen LogP contribution in [0.25, 0.3) is 11.0 Å². The Morgan fingerprint density at radius 1 is 1.11 bits per heavy atom. The fourth-order valence-corrected chi connectivity index (χ4v) is 6.14. The van der Waals surface area contributed by atoms with Crippen molar-refractivity contribution in [1.29, 1.82) is 0 Å². The third-order valence-electron chi connectivity index (χ3n) is 7.83. The van der Waals surface area contributed by atoms with Crippen molar-refractivity contribution in [1.82, 2.24) is 9.80 Å². The summed E-state index contributed by atoms with van der Waals surface area (Å²) in [5, 5.41) is 0.789. The number of fused-ring (bicyclic) bond motifs is 3. The number of anilines is 2. The Balaban J connectivity index is 0.00000181. The molecule has 0 bridgehead atoms. The Labute approximate surface area is 269 Å². The van der Waals surface area contributed by atoms with Crippen LogP contribution in [0.5, 0.6) is 5.75 Å². The number of sulfonamides is 1. The van der Waals surface area contributed by atoms with Crippen LogP contribution >= 0.6 is 13.5 Å². The van der Waals surface area contributed by atoms with Gasteiger partial charge >= 0.3 is 12.0 Å². The van der Waals surface area contributed by atoms with Crippen molar-refractivity contribution < 1.29 is 37.0 Å². The van der Waals surface area contributed by atoms with Gasteiger partial charge in [0.15, 0.2) is 5.75 Å². The molecule has 1 saturated heterocycles. The van der Waals surface area contributed by atoms with Gasteiger partial charge in [-0.05, 0) is 63.2 Å². The molecule has 0 saturated carbocycles. The Morgan fingerprint density at radius 2 is 1.80 bits per heavy atom. The molecule has 0 spiro atoms. The lowest BCUT2D eigenvalue weighted by Crippen LogP contribution is -2.50. The summed E-state index contributed by atoms with van der Waals surface area (Å²) in [6, 6.07) is 7.39. The molecule has 3 heterocycles. The highest BCUT2D eigenvalue weighted by molar-refractivity contribution is 7.92. The van der Waals surface area contributed by atoms with E-state index in [1.54, 1.807) is 0 Å². The van der Waals surface area contributed by atoms with E-state index in [1.807, 2.05) is 37.6 Å². The van der Waals surface area contributed by atoms with E-state index < -0.39 is 39.4 Å². The fraction of sp³-hybridized carbons (Fsp3) is 0.467. The zero-order valence-electron chi connectivity index (χ0n) is 26.0. The van der Waals surface area contributed by atoms with Gasteiger partial charge in [-0.3, -0.25) is 9.52 Å². The molecule has 0 unspecified atom stereocenters. The van der Waals surface area contributed by atoms with E-state index in [2.05, 4.69) is 28.5 Å². The number of nitrogens with zero attached hydrogens (tertiary/aromatic N) is 3. The smallest absolute Gasteiger partial charge is 0.422 e. The number of ether oxygens (including phenoxy) is 1. The second-order valence-electron chi connectivity index (χ2n) is 10.8. The van der Waals surface area contributed by atoms with Crippen LogP contribution in [-0.4, -0.2) is 76.0 Å². The van der Waals surface area contributed by atoms with Crippen LogP contribution in [0, 0.1) is 6.92 Å². The number of rotatable bonds is 5. The molecule has 1 atom stereocenters. The van der Waals surface area contributed by atoms with Gasteiger partial charge in [-0.2, -0.15) is 13.5 Å². The summed E-state index contributed by atoms with van der Waals surface area (Å²) in [7, 11) is -1.83. The highest BCUT2D eigenvalue weighted by atomic mass is 32.2. The van der Waals surface area contributed by atoms with Crippen molar-refractivity contribution in [3.63, 3.8) is 0 Å². The predicted octanol–water partition coefficient (Wildman–Crippen LogP) is 5.10. The van der Waals surface area contributed by atoms with Gasteiger partial charge in [0.05, 0.1) is 24.1 Å². The van der Waals surface area contributed by atoms with Gasteiger partial charge in [0.1, 0.15) is 5.58 Å². The van der Waals surface area contributed by atoms with Crippen LogP contribution < -0.4 is 20.0 Å². The highest BCUT2D eigenvalue weighted by Crippen LogP contribution is 2.35. The van der Waals surface area contributed by atoms with Crippen molar-refractivity contribution in [3.8, 4) is 5.75 Å². The van der Waals surface area contributed by atoms with Crippen molar-refractivity contribution in [2.45, 2.75) is 53.1 Å². The summed E-state index contributed by atoms with van der Waals surface area (Å²) in [5.41, 5.74) is 2.25. The van der Waals surface area contributed by atoms with Crippen LogP contribution in [0.15, 0.2) is 39.5 Å². The van der Waals surface area contributed by atoms with E-state index in [4.69, 9.17) is 4.42 Å². The molecular weight excluding hydrogens is 633 g/mol. The van der Waals surface area contributed by atoms with Crippen LogP contribution in [0.3, 0.4) is 0 Å². The molecule has 1 amide bonds. The molecular formula is C30H41F3N4O6S2. The van der Waals surface area contributed by atoms with E-state index in [0.29, 0.717) is 23.6 Å². The molecule has 45 heavy (non-hydrogen) atoms. The van der Waals surface area contributed by atoms with Crippen molar-refractivity contribution in [2.75, 3.05) is 49.1 Å². The van der Waals surface area contributed by atoms with E-state index >= 15 is 0 Å². The number of amides is 1. The molecule has 0 radical (unpaired) electrons. The standard InChI is InChI=1S/C28H31F3N4O6S.C2H6.H2S.H2/c1-16-14-34(12-11-33(16)3)23-8-6-20-19-9-10-35(15-21(19)27(37)40-25(20)17(23)2)26(36)18-5-7-22(32-42(4,38)39)24(13-18)41-28(29,30)31;1-2;;/h5-8,13,16,32H,9-12,14-15H2,1-4H3;1-2H3;1H2;1H/t16-;;;/m0.../s1. The number of carbonyl (C=O) groups is 1. The maximum atomic E-state index is 13.3. The maximum absolute atomic E-state index is 13.3. The number of piperazine rings is 1. The number of halogens is 3. The van der Waals surface area contributed by atoms with E-state index in [0.717, 1.165) is 60.2 Å². The predicted molar refractivity (Wildman–Crippen MR) is 175 cm³/mol. The zero-order chi connectivity index (χ0) is 32.6. The third kappa shape index (κ3) is 8.05. The number of likely N-dealkylation sites (N-methyl/N-ethyl adjacent to an activating group) is 1. The second-order valence-corrected chi connectivity index (χ2v) is 12.6. The van der Waals surface area contributed by atoms with Crippen LogP contribution in [0.2, 0.25) is 0 Å². The molecule has 250 valence electrons. The Hall–Kier alpha value is -3.43. The van der Waals surface area contributed by atoms with Gasteiger partial charge in [0, 0.05) is 55.8 Å². The van der Waals surface area contributed by atoms with Gasteiger partial charge in [-0.1, -0.05) is 13.8 Å². The van der Waals surface area contributed by atoms with E-state index in [-0.39, 0.29) is 33.6 Å². The molecule has 1 aromatic heterocycles. The van der Waals surface area contributed by atoms with Gasteiger partial charge in [-0.25, -0.2) is 13.2 Å². The SMILES string of the molecule is CC.Cc1c(N2CCN(C)[C@@H](C)C2)ccc2c3c(c(=O)oc12)CN(C(=O)c1ccc(NS(C)(=O)=O)c(OC(F)(F)F)c1)CC3.S.[HH]. The molecule has 2 aliphatic heterocycles. The molecule has 2 aliphatic rings. The third-order valence-corrected chi connectivity index (χ3v) is 8.42. The normalized spacial score (nSPS) is 17.1. The first kappa shape index (κ1) is 36.0. The lowest BCUT2D eigenvalue weighted by atomic mass is 9.95. The number of benzene rings is 2. The quantitative estimate of drug-likeness (QED) is 0.373. The number of hydrogen-bond acceptors (Lipinski definition) is 8. The molecule has 1 N–H and O–H groups in total. The summed E-state index contributed by atoms with van der Waals surface area (Å²) in [6.45, 7) is 10.8. The number of nitrogens with one attached hydrogen (secondary N) is 1. The van der Waals surface area contributed by atoms with Crippen LogP contribution in [-0.2, 0) is 23.0 Å². The summed E-state index contributed by atoms with van der Waals surface area (Å²) in [6.07, 6.45) is -4.01. The van der Waals surface area contributed by atoms with Crippen LogP contribution in [0.4, 0.5) is 24.5 Å². The second kappa shape index (κ2) is 13.9. The largest absolute Gasteiger partial charge is 0.573 e. The highest BCUT2D eigenvalue weighted by Gasteiger charge is 2.34. The summed E-state index contributed by atoms with van der Waals surface area (Å²) in [5.74, 6) is -1.52. The minimum Gasteiger partial charge on any atom is -0.422 e. The summed E-state index contributed by atoms with van der Waals surface area (Å²) >= 11 is 0. The average molecular weight is 675 g/mol. The molecule has 10 nitrogen and oxygen atoms in total. The first-order valence-electron chi connectivity index (χ1n) is 14.3. The van der Waals surface area contributed by atoms with Crippen molar-refractivity contribution in [3.05, 3.63) is 63.0 Å². The monoisotopic (exact) mass is 674 g/mol. The van der Waals surface area contributed by atoms with Crippen molar-refractivity contribution in [2.24, 2.45) is 0 Å².